The first kappa shape index (κ1) is 20.0. The van der Waals surface area contributed by atoms with Crippen molar-refractivity contribution in [2.45, 2.75) is 38.4 Å². The van der Waals surface area contributed by atoms with Gasteiger partial charge in [-0.1, -0.05) is 0 Å². The Bertz CT molecular complexity index is 818. The normalized spacial score (nSPS) is 23.9. The number of piperidine rings is 1. The second-order valence-corrected chi connectivity index (χ2v) is 7.28. The van der Waals surface area contributed by atoms with Crippen molar-refractivity contribution in [2.24, 2.45) is 11.1 Å². The molecule has 1 aliphatic carbocycles. The largest absolute Gasteiger partial charge is 0.392 e. The molecule has 0 radical (unpaired) electrons. The van der Waals surface area contributed by atoms with Gasteiger partial charge in [-0.15, -0.1) is 12.4 Å². The van der Waals surface area contributed by atoms with Crippen LogP contribution < -0.4 is 5.73 Å². The van der Waals surface area contributed by atoms with Crippen LogP contribution in [0.4, 0.5) is 0 Å². The van der Waals surface area contributed by atoms with Gasteiger partial charge >= 0.3 is 0 Å². The van der Waals surface area contributed by atoms with E-state index in [-0.39, 0.29) is 35.9 Å². The van der Waals surface area contributed by atoms with E-state index in [1.54, 1.807) is 16.9 Å². The van der Waals surface area contributed by atoms with E-state index in [0.29, 0.717) is 38.2 Å². The average molecular weight is 396 g/mol. The van der Waals surface area contributed by atoms with Crippen LogP contribution in [-0.2, 0) is 4.74 Å². The number of halogens is 1. The summed E-state index contributed by atoms with van der Waals surface area (Å²) in [5.41, 5.74) is 7.39. The zero-order chi connectivity index (χ0) is 18.3. The molecule has 9 heteroatoms. The minimum atomic E-state index is -0.355. The molecule has 1 saturated carbocycles. The van der Waals surface area contributed by atoms with Crippen molar-refractivity contribution < 1.29 is 14.6 Å². The summed E-state index contributed by atoms with van der Waals surface area (Å²) in [5, 5.41) is 14.6. The van der Waals surface area contributed by atoms with E-state index in [9.17, 15) is 9.90 Å². The zero-order valence-corrected chi connectivity index (χ0v) is 16.2. The molecular formula is C18H26ClN5O3. The number of aliphatic hydroxyl groups excluding tert-OH is 1. The van der Waals surface area contributed by atoms with Crippen molar-refractivity contribution in [3.8, 4) is 0 Å². The number of carbonyl (C=O) groups excluding carboxylic acids is 1. The van der Waals surface area contributed by atoms with Gasteiger partial charge in [0.05, 0.1) is 36.3 Å². The summed E-state index contributed by atoms with van der Waals surface area (Å²) < 4.78 is 7.51. The molecule has 1 spiro atoms. The molecule has 2 atom stereocenters. The Morgan fingerprint density at radius 1 is 1.44 bits per heavy atom. The lowest BCUT2D eigenvalue weighted by molar-refractivity contribution is -0.207. The highest BCUT2D eigenvalue weighted by Gasteiger charge is 2.56. The van der Waals surface area contributed by atoms with Crippen molar-refractivity contribution >= 4 is 24.0 Å². The molecule has 2 aromatic rings. The predicted molar refractivity (Wildman–Crippen MR) is 102 cm³/mol. The molecule has 0 unspecified atom stereocenters. The number of hydrogen-bond donors (Lipinski definition) is 2. The molecule has 4 rings (SSSR count). The highest BCUT2D eigenvalue weighted by Crippen LogP contribution is 2.51. The maximum absolute atomic E-state index is 13.0. The molecule has 3 heterocycles. The minimum absolute atomic E-state index is 0. The van der Waals surface area contributed by atoms with Crippen LogP contribution in [0.3, 0.4) is 0 Å². The molecule has 2 fully saturated rings. The predicted octanol–water partition coefficient (Wildman–Crippen LogP) is 0.790. The second kappa shape index (κ2) is 7.71. The summed E-state index contributed by atoms with van der Waals surface area (Å²) in [6.07, 6.45) is 5.14. The van der Waals surface area contributed by atoms with E-state index in [0.717, 1.165) is 24.2 Å². The summed E-state index contributed by atoms with van der Waals surface area (Å²) in [5.74, 6) is -0.0320. The molecule has 8 nitrogen and oxygen atoms in total. The lowest BCUT2D eigenvalue weighted by Gasteiger charge is -2.56. The van der Waals surface area contributed by atoms with E-state index in [1.807, 2.05) is 17.9 Å². The Morgan fingerprint density at radius 2 is 2.19 bits per heavy atom. The van der Waals surface area contributed by atoms with Crippen LogP contribution in [-0.4, -0.2) is 69.0 Å². The number of hydrogen-bond acceptors (Lipinski definition) is 6. The Kier molecular flexibility index (Phi) is 5.71. The highest BCUT2D eigenvalue weighted by atomic mass is 35.5. The smallest absolute Gasteiger partial charge is 0.257 e. The quantitative estimate of drug-likeness (QED) is 0.792. The summed E-state index contributed by atoms with van der Waals surface area (Å²) >= 11 is 0. The van der Waals surface area contributed by atoms with Crippen LogP contribution in [0.1, 0.15) is 35.3 Å². The molecule has 27 heavy (non-hydrogen) atoms. The van der Waals surface area contributed by atoms with Crippen molar-refractivity contribution in [1.82, 2.24) is 19.5 Å². The summed E-state index contributed by atoms with van der Waals surface area (Å²) in [6.45, 7) is 4.09. The van der Waals surface area contributed by atoms with Gasteiger partial charge in [0.25, 0.3) is 5.91 Å². The number of likely N-dealkylation sites (tertiary alicyclic amines) is 1. The first-order valence-corrected chi connectivity index (χ1v) is 9.15. The van der Waals surface area contributed by atoms with Gasteiger partial charge in [0.1, 0.15) is 0 Å². The maximum Gasteiger partial charge on any atom is 0.257 e. The van der Waals surface area contributed by atoms with E-state index in [4.69, 9.17) is 10.5 Å². The van der Waals surface area contributed by atoms with Crippen LogP contribution >= 0.6 is 12.4 Å². The van der Waals surface area contributed by atoms with Gasteiger partial charge in [0.2, 0.25) is 0 Å². The maximum atomic E-state index is 13.0. The van der Waals surface area contributed by atoms with Gasteiger partial charge < -0.3 is 20.5 Å². The topological polar surface area (TPSA) is 106 Å². The number of amides is 1. The third-order valence-corrected chi connectivity index (χ3v) is 6.05. The second-order valence-electron chi connectivity index (χ2n) is 7.28. The zero-order valence-electron chi connectivity index (χ0n) is 15.4. The van der Waals surface area contributed by atoms with Crippen LogP contribution in [0, 0.1) is 12.3 Å². The third-order valence-electron chi connectivity index (χ3n) is 6.05. The number of ether oxygens (including phenoxy) is 1. The van der Waals surface area contributed by atoms with Crippen LogP contribution in [0.2, 0.25) is 0 Å². The van der Waals surface area contributed by atoms with E-state index in [1.165, 1.54) is 0 Å². The van der Waals surface area contributed by atoms with Gasteiger partial charge in [-0.3, -0.25) is 4.79 Å². The lowest BCUT2D eigenvalue weighted by Crippen LogP contribution is -2.63. The SMILES string of the molecule is Cc1c(C(=O)N2CCC3(CC2)[C@H](O)C[C@@H]3OCCN)cnc2ccnn12.Cl. The average Bonchev–Trinajstić information content (AvgIpc) is 3.14. The lowest BCUT2D eigenvalue weighted by atomic mass is 9.58. The summed E-state index contributed by atoms with van der Waals surface area (Å²) in [6, 6.07) is 1.81. The van der Waals surface area contributed by atoms with E-state index < -0.39 is 0 Å². The van der Waals surface area contributed by atoms with E-state index in [2.05, 4.69) is 10.1 Å². The number of aryl methyl sites for hydroxylation is 1. The van der Waals surface area contributed by atoms with Crippen LogP contribution in [0.5, 0.6) is 0 Å². The molecular weight excluding hydrogens is 370 g/mol. The van der Waals surface area contributed by atoms with Crippen LogP contribution in [0.15, 0.2) is 18.5 Å². The van der Waals surface area contributed by atoms with Gasteiger partial charge in [-0.05, 0) is 19.8 Å². The van der Waals surface area contributed by atoms with Crippen molar-refractivity contribution in [3.05, 3.63) is 29.7 Å². The van der Waals surface area contributed by atoms with Crippen molar-refractivity contribution in [3.63, 3.8) is 0 Å². The monoisotopic (exact) mass is 395 g/mol. The minimum Gasteiger partial charge on any atom is -0.392 e. The van der Waals surface area contributed by atoms with Gasteiger partial charge in [-0.25, -0.2) is 9.50 Å². The van der Waals surface area contributed by atoms with Crippen molar-refractivity contribution in [1.29, 1.82) is 0 Å². The number of aliphatic hydroxyl groups is 1. The fourth-order valence-electron chi connectivity index (χ4n) is 4.32. The molecule has 3 N–H and O–H groups in total. The van der Waals surface area contributed by atoms with Crippen LogP contribution in [0.25, 0.3) is 5.65 Å². The van der Waals surface area contributed by atoms with Gasteiger partial charge in [-0.2, -0.15) is 5.10 Å². The molecule has 1 amide bonds. The highest BCUT2D eigenvalue weighted by molar-refractivity contribution is 5.95. The molecule has 2 aromatic heterocycles. The molecule has 0 bridgehead atoms. The first-order valence-electron chi connectivity index (χ1n) is 9.15. The molecule has 1 saturated heterocycles. The Balaban J connectivity index is 0.00000210. The number of nitrogens with zero attached hydrogens (tertiary/aromatic N) is 4. The number of carbonyl (C=O) groups is 1. The fraction of sp³-hybridized carbons (Fsp3) is 0.611. The summed E-state index contributed by atoms with van der Waals surface area (Å²) in [4.78, 5) is 19.1. The molecule has 2 aliphatic rings. The van der Waals surface area contributed by atoms with Crippen molar-refractivity contribution in [2.75, 3.05) is 26.2 Å². The Labute approximate surface area is 164 Å². The molecule has 1 aliphatic heterocycles. The Morgan fingerprint density at radius 3 is 2.85 bits per heavy atom. The van der Waals surface area contributed by atoms with E-state index >= 15 is 0 Å². The first-order chi connectivity index (χ1) is 12.6. The number of rotatable bonds is 4. The van der Waals surface area contributed by atoms with Gasteiger partial charge in [0.15, 0.2) is 5.65 Å². The summed E-state index contributed by atoms with van der Waals surface area (Å²) in [7, 11) is 0. The Hall–Kier alpha value is -1.74. The number of nitrogens with two attached hydrogens (primary N) is 1. The number of aromatic nitrogens is 3. The van der Waals surface area contributed by atoms with Gasteiger partial charge in [0, 0.05) is 43.7 Å². The third kappa shape index (κ3) is 3.20. The molecule has 148 valence electrons. The number of fused-ring (bicyclic) bond motifs is 1. The fourth-order valence-corrected chi connectivity index (χ4v) is 4.32. The molecule has 0 aromatic carbocycles. The standard InChI is InChI=1S/C18H25N5O3.ClH/c1-12-13(11-20-16-2-6-21-23(12)16)17(25)22-7-3-18(4-8-22)14(24)10-15(18)26-9-5-19;/h2,6,11,14-15,24H,3-5,7-10,19H2,1H3;1H/t14-,15+;/m1./s1.